The summed E-state index contributed by atoms with van der Waals surface area (Å²) >= 11 is 0. The van der Waals surface area contributed by atoms with Gasteiger partial charge in [0.05, 0.1) is 26.4 Å². The SMILES string of the molecule is COc1cccc(C[C@H]2CN(Cc3ncc[nH]3)CCO2)c1. The first kappa shape index (κ1) is 14.1. The highest BCUT2D eigenvalue weighted by Crippen LogP contribution is 2.17. The number of ether oxygens (including phenoxy) is 2. The number of methoxy groups -OCH3 is 1. The molecule has 0 amide bonds. The lowest BCUT2D eigenvalue weighted by atomic mass is 10.1. The number of aromatic nitrogens is 2. The van der Waals surface area contributed by atoms with Gasteiger partial charge in [-0.25, -0.2) is 4.98 Å². The van der Waals surface area contributed by atoms with Crippen LogP contribution in [0.3, 0.4) is 0 Å². The Kier molecular flexibility index (Phi) is 4.52. The van der Waals surface area contributed by atoms with Crippen LogP contribution in [0.2, 0.25) is 0 Å². The Balaban J connectivity index is 1.58. The molecule has 1 aromatic heterocycles. The number of rotatable bonds is 5. The smallest absolute Gasteiger partial charge is 0.120 e. The van der Waals surface area contributed by atoms with Crippen molar-refractivity contribution < 1.29 is 9.47 Å². The second-order valence-corrected chi connectivity index (χ2v) is 5.32. The number of aromatic amines is 1. The Labute approximate surface area is 124 Å². The zero-order chi connectivity index (χ0) is 14.5. The number of H-pyrrole nitrogens is 1. The third-order valence-electron chi connectivity index (χ3n) is 3.75. The Morgan fingerprint density at radius 1 is 1.48 bits per heavy atom. The third-order valence-corrected chi connectivity index (χ3v) is 3.75. The molecule has 1 aliphatic heterocycles. The topological polar surface area (TPSA) is 50.4 Å². The van der Waals surface area contributed by atoms with Gasteiger partial charge in [0.2, 0.25) is 0 Å². The monoisotopic (exact) mass is 287 g/mol. The molecule has 21 heavy (non-hydrogen) atoms. The van der Waals surface area contributed by atoms with Crippen molar-refractivity contribution in [3.05, 3.63) is 48.0 Å². The summed E-state index contributed by atoms with van der Waals surface area (Å²) in [5, 5.41) is 0. The largest absolute Gasteiger partial charge is 0.497 e. The van der Waals surface area contributed by atoms with Crippen molar-refractivity contribution in [1.29, 1.82) is 0 Å². The van der Waals surface area contributed by atoms with Crippen molar-refractivity contribution in [2.75, 3.05) is 26.8 Å². The normalized spacial score (nSPS) is 19.6. The summed E-state index contributed by atoms with van der Waals surface area (Å²) in [6.07, 6.45) is 4.79. The van der Waals surface area contributed by atoms with Crippen LogP contribution in [0.5, 0.6) is 5.75 Å². The lowest BCUT2D eigenvalue weighted by molar-refractivity contribution is -0.0311. The molecule has 112 valence electrons. The minimum atomic E-state index is 0.223. The Morgan fingerprint density at radius 2 is 2.43 bits per heavy atom. The standard InChI is InChI=1S/C16H21N3O2/c1-20-14-4-2-3-13(9-14)10-15-11-19(7-8-21-15)12-16-17-5-6-18-16/h2-6,9,15H,7-8,10-12H2,1H3,(H,17,18)/t15-/m0/s1. The first-order valence-corrected chi connectivity index (χ1v) is 7.28. The fraction of sp³-hybridized carbons (Fsp3) is 0.438. The van der Waals surface area contributed by atoms with Crippen LogP contribution in [0, 0.1) is 0 Å². The average molecular weight is 287 g/mol. The van der Waals surface area contributed by atoms with Crippen LogP contribution in [0.1, 0.15) is 11.4 Å². The van der Waals surface area contributed by atoms with E-state index in [1.165, 1.54) is 5.56 Å². The molecule has 0 saturated carbocycles. The molecule has 0 aliphatic carbocycles. The number of nitrogens with one attached hydrogen (secondary N) is 1. The van der Waals surface area contributed by atoms with Crippen LogP contribution in [0.4, 0.5) is 0 Å². The third kappa shape index (κ3) is 3.83. The van der Waals surface area contributed by atoms with Crippen LogP contribution in [-0.2, 0) is 17.7 Å². The van der Waals surface area contributed by atoms with Gasteiger partial charge in [-0.2, -0.15) is 0 Å². The lowest BCUT2D eigenvalue weighted by Crippen LogP contribution is -2.43. The number of hydrogen-bond acceptors (Lipinski definition) is 4. The van der Waals surface area contributed by atoms with Crippen molar-refractivity contribution in [3.8, 4) is 5.75 Å². The summed E-state index contributed by atoms with van der Waals surface area (Å²) in [7, 11) is 1.70. The zero-order valence-electron chi connectivity index (χ0n) is 12.3. The van der Waals surface area contributed by atoms with Gasteiger partial charge in [0, 0.05) is 31.9 Å². The maximum Gasteiger partial charge on any atom is 0.120 e. The van der Waals surface area contributed by atoms with E-state index in [4.69, 9.17) is 9.47 Å². The maximum absolute atomic E-state index is 5.89. The molecule has 1 N–H and O–H groups in total. The van der Waals surface area contributed by atoms with E-state index in [-0.39, 0.29) is 6.10 Å². The highest BCUT2D eigenvalue weighted by molar-refractivity contribution is 5.28. The van der Waals surface area contributed by atoms with E-state index >= 15 is 0 Å². The summed E-state index contributed by atoms with van der Waals surface area (Å²) in [6, 6.07) is 8.19. The first-order chi connectivity index (χ1) is 10.3. The van der Waals surface area contributed by atoms with Crippen molar-refractivity contribution >= 4 is 0 Å². The number of nitrogens with zero attached hydrogens (tertiary/aromatic N) is 2. The van der Waals surface area contributed by atoms with Gasteiger partial charge >= 0.3 is 0 Å². The lowest BCUT2D eigenvalue weighted by Gasteiger charge is -2.32. The molecule has 1 atom stereocenters. The summed E-state index contributed by atoms with van der Waals surface area (Å²) in [5.74, 6) is 1.91. The van der Waals surface area contributed by atoms with Crippen LogP contribution >= 0.6 is 0 Å². The predicted octanol–water partition coefficient (Wildman–Crippen LogP) is 1.86. The Bertz CT molecular complexity index is 556. The fourth-order valence-electron chi connectivity index (χ4n) is 2.71. The second-order valence-electron chi connectivity index (χ2n) is 5.32. The van der Waals surface area contributed by atoms with Crippen LogP contribution in [0.15, 0.2) is 36.7 Å². The molecule has 2 aromatic rings. The molecule has 1 aromatic carbocycles. The molecule has 0 radical (unpaired) electrons. The van der Waals surface area contributed by atoms with Gasteiger partial charge in [-0.3, -0.25) is 4.90 Å². The molecular weight excluding hydrogens is 266 g/mol. The number of benzene rings is 1. The van der Waals surface area contributed by atoms with Crippen LogP contribution < -0.4 is 4.74 Å². The average Bonchev–Trinajstić information content (AvgIpc) is 3.01. The Morgan fingerprint density at radius 3 is 3.24 bits per heavy atom. The van der Waals surface area contributed by atoms with E-state index in [1.54, 1.807) is 13.3 Å². The van der Waals surface area contributed by atoms with E-state index in [2.05, 4.69) is 27.0 Å². The van der Waals surface area contributed by atoms with Gasteiger partial charge in [0.15, 0.2) is 0 Å². The van der Waals surface area contributed by atoms with Crippen LogP contribution in [-0.4, -0.2) is 47.8 Å². The summed E-state index contributed by atoms with van der Waals surface area (Å²) < 4.78 is 11.2. The van der Waals surface area contributed by atoms with Gasteiger partial charge in [-0.1, -0.05) is 12.1 Å². The van der Waals surface area contributed by atoms with Crippen LogP contribution in [0.25, 0.3) is 0 Å². The van der Waals surface area contributed by atoms with Crippen molar-refractivity contribution in [2.45, 2.75) is 19.1 Å². The summed E-state index contributed by atoms with van der Waals surface area (Å²) in [5.41, 5.74) is 1.25. The van der Waals surface area contributed by atoms with E-state index in [0.717, 1.165) is 44.2 Å². The van der Waals surface area contributed by atoms with Crippen molar-refractivity contribution in [3.63, 3.8) is 0 Å². The molecule has 5 heteroatoms. The van der Waals surface area contributed by atoms with E-state index in [1.807, 2.05) is 18.3 Å². The van der Waals surface area contributed by atoms with Gasteiger partial charge < -0.3 is 14.5 Å². The number of imidazole rings is 1. The van der Waals surface area contributed by atoms with Gasteiger partial charge in [0.25, 0.3) is 0 Å². The molecule has 0 unspecified atom stereocenters. The second kappa shape index (κ2) is 6.74. The van der Waals surface area contributed by atoms with Crippen molar-refractivity contribution in [1.82, 2.24) is 14.9 Å². The molecule has 1 saturated heterocycles. The van der Waals surface area contributed by atoms with Gasteiger partial charge in [-0.15, -0.1) is 0 Å². The minimum Gasteiger partial charge on any atom is -0.497 e. The molecule has 0 spiro atoms. The highest BCUT2D eigenvalue weighted by Gasteiger charge is 2.21. The van der Waals surface area contributed by atoms with Gasteiger partial charge in [0.1, 0.15) is 11.6 Å². The molecule has 1 fully saturated rings. The quantitative estimate of drug-likeness (QED) is 0.912. The summed E-state index contributed by atoms with van der Waals surface area (Å²) in [4.78, 5) is 9.82. The Hall–Kier alpha value is -1.85. The molecule has 1 aliphatic rings. The van der Waals surface area contributed by atoms with E-state index < -0.39 is 0 Å². The summed E-state index contributed by atoms with van der Waals surface area (Å²) in [6.45, 7) is 3.51. The molecular formula is C16H21N3O2. The highest BCUT2D eigenvalue weighted by atomic mass is 16.5. The molecule has 2 heterocycles. The molecule has 5 nitrogen and oxygen atoms in total. The molecule has 0 bridgehead atoms. The van der Waals surface area contributed by atoms with Crippen molar-refractivity contribution in [2.24, 2.45) is 0 Å². The number of hydrogen-bond donors (Lipinski definition) is 1. The number of morpholine rings is 1. The fourth-order valence-corrected chi connectivity index (χ4v) is 2.71. The molecule has 3 rings (SSSR count). The zero-order valence-corrected chi connectivity index (χ0v) is 12.3. The predicted molar refractivity (Wildman–Crippen MR) is 80.3 cm³/mol. The minimum absolute atomic E-state index is 0.223. The van der Waals surface area contributed by atoms with Gasteiger partial charge in [-0.05, 0) is 17.7 Å². The maximum atomic E-state index is 5.89. The van der Waals surface area contributed by atoms with E-state index in [9.17, 15) is 0 Å². The van der Waals surface area contributed by atoms with E-state index in [0.29, 0.717) is 0 Å². The first-order valence-electron chi connectivity index (χ1n) is 7.28.